The number of piperidine rings is 1. The zero-order valence-electron chi connectivity index (χ0n) is 8.73. The highest BCUT2D eigenvalue weighted by Crippen LogP contribution is 2.38. The smallest absolute Gasteiger partial charge is 0.0229 e. The average molecular weight is 192 g/mol. The number of nitrogens with zero attached hydrogens (tertiary/aromatic N) is 1. The van der Waals surface area contributed by atoms with Crippen molar-refractivity contribution in [2.75, 3.05) is 13.1 Å². The van der Waals surface area contributed by atoms with Crippen LogP contribution in [-0.2, 0) is 0 Å². The number of hydrogen-bond donors (Lipinski definition) is 1. The van der Waals surface area contributed by atoms with E-state index in [1.807, 2.05) is 0 Å². The Labute approximate surface area is 86.1 Å². The Hall–Kier alpha value is -0.340. The van der Waals surface area contributed by atoms with E-state index in [-0.39, 0.29) is 0 Å². The van der Waals surface area contributed by atoms with Crippen LogP contribution in [-0.4, -0.2) is 30.1 Å². The Balaban J connectivity index is 1.56. The molecule has 0 aromatic rings. The van der Waals surface area contributed by atoms with Gasteiger partial charge in [-0.3, -0.25) is 4.90 Å². The number of rotatable bonds is 2. The Kier molecular flexibility index (Phi) is 2.14. The molecule has 3 aliphatic rings. The van der Waals surface area contributed by atoms with E-state index in [2.05, 4.69) is 17.1 Å². The highest BCUT2D eigenvalue weighted by molar-refractivity contribution is 5.06. The van der Waals surface area contributed by atoms with Gasteiger partial charge in [-0.15, -0.1) is 0 Å². The van der Waals surface area contributed by atoms with E-state index in [0.29, 0.717) is 6.04 Å². The molecule has 2 aliphatic carbocycles. The molecule has 14 heavy (non-hydrogen) atoms. The van der Waals surface area contributed by atoms with Gasteiger partial charge >= 0.3 is 0 Å². The van der Waals surface area contributed by atoms with Crippen molar-refractivity contribution >= 4 is 0 Å². The van der Waals surface area contributed by atoms with Gasteiger partial charge < -0.3 is 5.73 Å². The van der Waals surface area contributed by atoms with E-state index in [1.165, 1.54) is 38.8 Å². The molecule has 4 unspecified atom stereocenters. The van der Waals surface area contributed by atoms with Crippen molar-refractivity contribution in [2.24, 2.45) is 17.6 Å². The van der Waals surface area contributed by atoms with Crippen molar-refractivity contribution in [1.29, 1.82) is 0 Å². The summed E-state index contributed by atoms with van der Waals surface area (Å²) in [6.07, 6.45) is 10.1. The van der Waals surface area contributed by atoms with Gasteiger partial charge in [0.1, 0.15) is 0 Å². The third kappa shape index (κ3) is 1.51. The molecule has 0 spiro atoms. The number of hydrogen-bond acceptors (Lipinski definition) is 2. The molecule has 2 fully saturated rings. The van der Waals surface area contributed by atoms with E-state index in [4.69, 9.17) is 5.73 Å². The second kappa shape index (κ2) is 3.35. The summed E-state index contributed by atoms with van der Waals surface area (Å²) in [5.74, 6) is 1.77. The van der Waals surface area contributed by atoms with Gasteiger partial charge in [-0.05, 0) is 37.5 Å². The van der Waals surface area contributed by atoms with Crippen LogP contribution in [0.4, 0.5) is 0 Å². The second-order valence-electron chi connectivity index (χ2n) is 5.33. The molecule has 4 atom stereocenters. The van der Waals surface area contributed by atoms with Gasteiger partial charge in [-0.1, -0.05) is 12.2 Å². The first-order valence-electron chi connectivity index (χ1n) is 5.99. The van der Waals surface area contributed by atoms with Crippen LogP contribution in [0.25, 0.3) is 0 Å². The maximum atomic E-state index is 5.87. The Bertz CT molecular complexity index is 249. The van der Waals surface area contributed by atoms with Crippen LogP contribution in [0.3, 0.4) is 0 Å². The fourth-order valence-electron chi connectivity index (χ4n) is 3.49. The lowest BCUT2D eigenvalue weighted by atomic mass is 10.0. The molecule has 0 aromatic carbocycles. The predicted molar refractivity (Wildman–Crippen MR) is 57.9 cm³/mol. The third-order valence-corrected chi connectivity index (χ3v) is 4.20. The molecule has 2 N–H and O–H groups in total. The minimum Gasteiger partial charge on any atom is -0.324 e. The van der Waals surface area contributed by atoms with E-state index >= 15 is 0 Å². The zero-order chi connectivity index (χ0) is 9.54. The standard InChI is InChI=1S/C12H20N2/c13-11-3-1-9(5-11)7-14-8-10-2-4-12(14)6-10/h1,3,9-12H,2,4-8,13H2. The molecule has 1 aliphatic heterocycles. The Morgan fingerprint density at radius 1 is 1.21 bits per heavy atom. The highest BCUT2D eigenvalue weighted by atomic mass is 15.2. The van der Waals surface area contributed by atoms with Crippen LogP contribution in [0.5, 0.6) is 0 Å². The van der Waals surface area contributed by atoms with Crippen LogP contribution in [0.1, 0.15) is 25.7 Å². The molecule has 2 bridgehead atoms. The normalized spacial score (nSPS) is 46.6. The van der Waals surface area contributed by atoms with Crippen LogP contribution >= 0.6 is 0 Å². The summed E-state index contributed by atoms with van der Waals surface area (Å²) in [7, 11) is 0. The molecular weight excluding hydrogens is 172 g/mol. The summed E-state index contributed by atoms with van der Waals surface area (Å²) in [5, 5.41) is 0. The fourth-order valence-corrected chi connectivity index (χ4v) is 3.49. The van der Waals surface area contributed by atoms with Crippen molar-refractivity contribution in [1.82, 2.24) is 4.90 Å². The number of likely N-dealkylation sites (tertiary alicyclic amines) is 1. The molecule has 3 rings (SSSR count). The molecule has 0 radical (unpaired) electrons. The molecule has 78 valence electrons. The summed E-state index contributed by atoms with van der Waals surface area (Å²) < 4.78 is 0. The monoisotopic (exact) mass is 192 g/mol. The Morgan fingerprint density at radius 3 is 2.71 bits per heavy atom. The first-order valence-corrected chi connectivity index (χ1v) is 5.99. The summed E-state index contributed by atoms with van der Waals surface area (Å²) in [4.78, 5) is 2.71. The van der Waals surface area contributed by atoms with Crippen LogP contribution < -0.4 is 5.73 Å². The van der Waals surface area contributed by atoms with Crippen LogP contribution in [0.2, 0.25) is 0 Å². The molecule has 1 saturated carbocycles. The second-order valence-corrected chi connectivity index (χ2v) is 5.33. The zero-order valence-corrected chi connectivity index (χ0v) is 8.73. The maximum Gasteiger partial charge on any atom is 0.0229 e. The molecule has 2 nitrogen and oxygen atoms in total. The van der Waals surface area contributed by atoms with Gasteiger partial charge in [0.05, 0.1) is 0 Å². The van der Waals surface area contributed by atoms with Crippen molar-refractivity contribution < 1.29 is 0 Å². The quantitative estimate of drug-likeness (QED) is 0.670. The molecule has 2 heteroatoms. The van der Waals surface area contributed by atoms with Gasteiger partial charge in [-0.2, -0.15) is 0 Å². The average Bonchev–Trinajstić information content (AvgIpc) is 2.82. The topological polar surface area (TPSA) is 29.3 Å². The third-order valence-electron chi connectivity index (χ3n) is 4.20. The minimum absolute atomic E-state index is 0.333. The predicted octanol–water partition coefficient (Wildman–Crippen LogP) is 1.37. The SMILES string of the molecule is NC1C=CC(CN2CC3CCC2C3)C1. The lowest BCUT2D eigenvalue weighted by molar-refractivity contribution is 0.192. The van der Waals surface area contributed by atoms with Crippen molar-refractivity contribution in [3.8, 4) is 0 Å². The van der Waals surface area contributed by atoms with Gasteiger partial charge in [-0.25, -0.2) is 0 Å². The van der Waals surface area contributed by atoms with Gasteiger partial charge in [0.15, 0.2) is 0 Å². The summed E-state index contributed by atoms with van der Waals surface area (Å²) in [6, 6.07) is 1.25. The maximum absolute atomic E-state index is 5.87. The summed E-state index contributed by atoms with van der Waals surface area (Å²) in [5.41, 5.74) is 5.87. The summed E-state index contributed by atoms with van der Waals surface area (Å²) >= 11 is 0. The first-order chi connectivity index (χ1) is 6.81. The molecule has 1 heterocycles. The highest BCUT2D eigenvalue weighted by Gasteiger charge is 2.38. The van der Waals surface area contributed by atoms with Crippen LogP contribution in [0.15, 0.2) is 12.2 Å². The van der Waals surface area contributed by atoms with Gasteiger partial charge in [0.25, 0.3) is 0 Å². The summed E-state index contributed by atoms with van der Waals surface area (Å²) in [6.45, 7) is 2.63. The first kappa shape index (κ1) is 8.93. The van der Waals surface area contributed by atoms with Gasteiger partial charge in [0.2, 0.25) is 0 Å². The van der Waals surface area contributed by atoms with E-state index in [0.717, 1.165) is 17.9 Å². The van der Waals surface area contributed by atoms with E-state index in [1.54, 1.807) is 0 Å². The van der Waals surface area contributed by atoms with Crippen molar-refractivity contribution in [3.63, 3.8) is 0 Å². The number of nitrogens with two attached hydrogens (primary N) is 1. The lowest BCUT2D eigenvalue weighted by Gasteiger charge is -2.28. The van der Waals surface area contributed by atoms with E-state index < -0.39 is 0 Å². The minimum atomic E-state index is 0.333. The largest absolute Gasteiger partial charge is 0.324 e. The Morgan fingerprint density at radius 2 is 2.14 bits per heavy atom. The fraction of sp³-hybridized carbons (Fsp3) is 0.833. The van der Waals surface area contributed by atoms with Crippen molar-refractivity contribution in [3.05, 3.63) is 12.2 Å². The lowest BCUT2D eigenvalue weighted by Crippen LogP contribution is -2.36. The molecular formula is C12H20N2. The van der Waals surface area contributed by atoms with Crippen molar-refractivity contribution in [2.45, 2.75) is 37.8 Å². The molecule has 0 amide bonds. The number of fused-ring (bicyclic) bond motifs is 2. The molecule has 0 aromatic heterocycles. The van der Waals surface area contributed by atoms with Crippen LogP contribution in [0, 0.1) is 11.8 Å². The molecule has 1 saturated heterocycles. The van der Waals surface area contributed by atoms with Gasteiger partial charge in [0, 0.05) is 25.2 Å². The van der Waals surface area contributed by atoms with E-state index in [9.17, 15) is 0 Å².